The molecule has 2 aromatic carbocycles. The lowest BCUT2D eigenvalue weighted by molar-refractivity contribution is -0.137. The lowest BCUT2D eigenvalue weighted by Crippen LogP contribution is -2.18. The van der Waals surface area contributed by atoms with Crippen molar-refractivity contribution < 1.29 is 17.9 Å². The van der Waals surface area contributed by atoms with Crippen LogP contribution in [0.25, 0.3) is 0 Å². The van der Waals surface area contributed by atoms with Gasteiger partial charge in [-0.3, -0.25) is 0 Å². The second kappa shape index (κ2) is 12.0. The highest BCUT2D eigenvalue weighted by atomic mass is 32.2. The van der Waals surface area contributed by atoms with Crippen LogP contribution in [0.3, 0.4) is 0 Å². The summed E-state index contributed by atoms with van der Waals surface area (Å²) in [4.78, 5) is 13.4. The van der Waals surface area contributed by atoms with Crippen molar-refractivity contribution in [1.82, 2.24) is 0 Å². The Kier molecular flexibility index (Phi) is 9.40. The van der Waals surface area contributed by atoms with Crippen LogP contribution in [0.2, 0.25) is 0 Å². The Bertz CT molecular complexity index is 984. The van der Waals surface area contributed by atoms with Crippen LogP contribution in [0.5, 0.6) is 0 Å². The number of hydrogen-bond acceptors (Lipinski definition) is 7. The number of rotatable bonds is 12. The van der Waals surface area contributed by atoms with E-state index in [4.69, 9.17) is 4.74 Å². The van der Waals surface area contributed by atoms with Crippen molar-refractivity contribution in [3.63, 3.8) is 0 Å². The summed E-state index contributed by atoms with van der Waals surface area (Å²) in [6, 6.07) is 14.1. The fourth-order valence-electron chi connectivity index (χ4n) is 2.81. The average Bonchev–Trinajstić information content (AvgIpc) is 2.76. The molecular weight excluding hydrogens is 414 g/mol. The maximum absolute atomic E-state index is 11.5. The van der Waals surface area contributed by atoms with Gasteiger partial charge in [0.25, 0.3) is 0 Å². The maximum atomic E-state index is 11.5. The van der Waals surface area contributed by atoms with Crippen LogP contribution in [0.1, 0.15) is 25.7 Å². The largest absolute Gasteiger partial charge is 0.463 e. The van der Waals surface area contributed by atoms with Crippen LogP contribution >= 0.6 is 0 Å². The molecule has 0 saturated carbocycles. The molecule has 0 heterocycles. The number of benzene rings is 2. The zero-order valence-electron chi connectivity index (χ0n) is 18.0. The summed E-state index contributed by atoms with van der Waals surface area (Å²) in [5, 5.41) is 8.36. The predicted molar refractivity (Wildman–Crippen MR) is 123 cm³/mol. The Morgan fingerprint density at radius 3 is 2.06 bits per heavy atom. The van der Waals surface area contributed by atoms with Crippen LogP contribution < -0.4 is 4.90 Å². The number of azo groups is 1. The van der Waals surface area contributed by atoms with E-state index in [0.717, 1.165) is 43.6 Å². The highest BCUT2D eigenvalue weighted by molar-refractivity contribution is 7.90. The van der Waals surface area contributed by atoms with E-state index in [1.807, 2.05) is 31.3 Å². The molecule has 166 valence electrons. The van der Waals surface area contributed by atoms with Gasteiger partial charge >= 0.3 is 5.97 Å². The van der Waals surface area contributed by atoms with Crippen LogP contribution in [0.15, 0.2) is 76.3 Å². The minimum absolute atomic E-state index is 0.259. The van der Waals surface area contributed by atoms with Crippen molar-refractivity contribution in [3.05, 3.63) is 61.2 Å². The Balaban J connectivity index is 1.76. The van der Waals surface area contributed by atoms with Crippen molar-refractivity contribution in [2.45, 2.75) is 30.6 Å². The van der Waals surface area contributed by atoms with Gasteiger partial charge in [0.1, 0.15) is 0 Å². The van der Waals surface area contributed by atoms with Crippen molar-refractivity contribution in [2.24, 2.45) is 10.2 Å². The first-order valence-electron chi connectivity index (χ1n) is 10.1. The Hall–Kier alpha value is -3.00. The van der Waals surface area contributed by atoms with Gasteiger partial charge in [-0.05, 0) is 67.8 Å². The SMILES string of the molecule is C=CC(=O)OCCCCCCN(C)c1ccc(/N=N/c2ccc(S(C)(=O)=O)cc2)cc1. The van der Waals surface area contributed by atoms with Gasteiger partial charge in [0, 0.05) is 31.6 Å². The summed E-state index contributed by atoms with van der Waals surface area (Å²) in [5.41, 5.74) is 2.41. The molecule has 7 nitrogen and oxygen atoms in total. The third-order valence-corrected chi connectivity index (χ3v) is 5.76. The Labute approximate surface area is 184 Å². The third-order valence-electron chi connectivity index (χ3n) is 4.64. The number of anilines is 1. The smallest absolute Gasteiger partial charge is 0.330 e. The van der Waals surface area contributed by atoms with Crippen LogP contribution in [0, 0.1) is 0 Å². The number of sulfone groups is 1. The summed E-state index contributed by atoms with van der Waals surface area (Å²) < 4.78 is 27.9. The van der Waals surface area contributed by atoms with E-state index in [0.29, 0.717) is 12.3 Å². The fraction of sp³-hybridized carbons (Fsp3) is 0.348. The molecule has 0 aliphatic heterocycles. The minimum Gasteiger partial charge on any atom is -0.463 e. The van der Waals surface area contributed by atoms with Crippen molar-refractivity contribution in [3.8, 4) is 0 Å². The molecule has 8 heteroatoms. The van der Waals surface area contributed by atoms with E-state index in [-0.39, 0.29) is 10.9 Å². The van der Waals surface area contributed by atoms with Gasteiger partial charge in [-0.1, -0.05) is 13.0 Å². The van der Waals surface area contributed by atoms with E-state index in [9.17, 15) is 13.2 Å². The first-order valence-corrected chi connectivity index (χ1v) is 12.0. The molecular formula is C23H29N3O4S. The second-order valence-corrected chi connectivity index (χ2v) is 9.21. The lowest BCUT2D eigenvalue weighted by Gasteiger charge is -2.19. The summed E-state index contributed by atoms with van der Waals surface area (Å²) >= 11 is 0. The molecule has 0 aliphatic rings. The standard InChI is InChI=1S/C23H29N3O4S/c1-4-23(27)30-18-8-6-5-7-17-26(2)21-13-9-19(10-14-21)24-25-20-11-15-22(16-12-20)31(3,28)29/h4,9-16H,1,5-8,17-18H2,2-3H3/b25-24+. The normalized spacial score (nSPS) is 11.4. The molecule has 2 aromatic rings. The molecule has 0 saturated heterocycles. The summed E-state index contributed by atoms with van der Waals surface area (Å²) in [5.74, 6) is -0.368. The number of esters is 1. The van der Waals surface area contributed by atoms with E-state index in [2.05, 4.69) is 21.7 Å². The molecule has 2 rings (SSSR count). The monoisotopic (exact) mass is 443 g/mol. The lowest BCUT2D eigenvalue weighted by atomic mass is 10.2. The van der Waals surface area contributed by atoms with E-state index < -0.39 is 9.84 Å². The van der Waals surface area contributed by atoms with Crippen LogP contribution in [-0.4, -0.2) is 40.8 Å². The molecule has 0 spiro atoms. The minimum atomic E-state index is -3.21. The van der Waals surface area contributed by atoms with Crippen LogP contribution in [0.4, 0.5) is 17.1 Å². The van der Waals surface area contributed by atoms with Gasteiger partial charge in [0.15, 0.2) is 9.84 Å². The number of unbranched alkanes of at least 4 members (excludes halogenated alkanes) is 3. The van der Waals surface area contributed by atoms with E-state index in [1.165, 1.54) is 24.5 Å². The maximum Gasteiger partial charge on any atom is 0.330 e. The Morgan fingerprint density at radius 2 is 1.52 bits per heavy atom. The summed E-state index contributed by atoms with van der Waals surface area (Å²) in [6.07, 6.45) is 6.35. The molecule has 0 bridgehead atoms. The third kappa shape index (κ3) is 8.72. The summed E-state index contributed by atoms with van der Waals surface area (Å²) in [6.45, 7) is 4.74. The highest BCUT2D eigenvalue weighted by Gasteiger charge is 2.06. The molecule has 0 aliphatic carbocycles. The van der Waals surface area contributed by atoms with Crippen molar-refractivity contribution >= 4 is 32.9 Å². The Morgan fingerprint density at radius 1 is 0.968 bits per heavy atom. The predicted octanol–water partition coefficient (Wildman–Crippen LogP) is 5.23. The molecule has 0 atom stereocenters. The molecule has 0 radical (unpaired) electrons. The topological polar surface area (TPSA) is 88.4 Å². The number of hydrogen-bond donors (Lipinski definition) is 0. The molecule has 0 fully saturated rings. The molecule has 0 amide bonds. The summed E-state index contributed by atoms with van der Waals surface area (Å²) in [7, 11) is -1.17. The number of ether oxygens (including phenoxy) is 1. The number of carbonyl (C=O) groups excluding carboxylic acids is 1. The molecule has 0 unspecified atom stereocenters. The zero-order chi connectivity index (χ0) is 22.7. The van der Waals surface area contributed by atoms with Gasteiger partial charge in [-0.2, -0.15) is 10.2 Å². The van der Waals surface area contributed by atoms with E-state index in [1.54, 1.807) is 12.1 Å². The molecule has 0 N–H and O–H groups in total. The van der Waals surface area contributed by atoms with Gasteiger partial charge < -0.3 is 9.64 Å². The van der Waals surface area contributed by atoms with Gasteiger partial charge in [-0.25, -0.2) is 13.2 Å². The van der Waals surface area contributed by atoms with Crippen LogP contribution in [-0.2, 0) is 19.4 Å². The van der Waals surface area contributed by atoms with Crippen molar-refractivity contribution in [1.29, 1.82) is 0 Å². The number of carbonyl (C=O) groups is 1. The first-order chi connectivity index (χ1) is 14.8. The van der Waals surface area contributed by atoms with Gasteiger partial charge in [0.2, 0.25) is 0 Å². The molecule has 31 heavy (non-hydrogen) atoms. The molecule has 0 aromatic heterocycles. The van der Waals surface area contributed by atoms with E-state index >= 15 is 0 Å². The van der Waals surface area contributed by atoms with Gasteiger partial charge in [0.05, 0.1) is 22.9 Å². The second-order valence-electron chi connectivity index (χ2n) is 7.19. The first kappa shape index (κ1) is 24.3. The van der Waals surface area contributed by atoms with Gasteiger partial charge in [-0.15, -0.1) is 0 Å². The fourth-order valence-corrected chi connectivity index (χ4v) is 3.45. The zero-order valence-corrected chi connectivity index (χ0v) is 18.8. The highest BCUT2D eigenvalue weighted by Crippen LogP contribution is 2.23. The van der Waals surface area contributed by atoms with Crippen molar-refractivity contribution in [2.75, 3.05) is 31.4 Å². The average molecular weight is 444 g/mol. The quantitative estimate of drug-likeness (QED) is 0.194. The number of nitrogens with zero attached hydrogens (tertiary/aromatic N) is 3.